The Morgan fingerprint density at radius 1 is 0.900 bits per heavy atom. The molecular formula is C23H24BNO5. The van der Waals surface area contributed by atoms with E-state index in [1.54, 1.807) is 20.3 Å². The summed E-state index contributed by atoms with van der Waals surface area (Å²) in [7, 11) is 3.99. The zero-order chi connectivity index (χ0) is 21.5. The molecule has 0 aliphatic rings. The van der Waals surface area contributed by atoms with E-state index in [4.69, 9.17) is 14.0 Å². The molecule has 1 amide bonds. The second-order valence-corrected chi connectivity index (χ2v) is 6.82. The van der Waals surface area contributed by atoms with E-state index in [2.05, 4.69) is 5.32 Å². The lowest BCUT2D eigenvalue weighted by atomic mass is 9.78. The second-order valence-electron chi connectivity index (χ2n) is 6.82. The third kappa shape index (κ3) is 4.87. The van der Waals surface area contributed by atoms with Gasteiger partial charge in [0.05, 0.1) is 7.11 Å². The predicted octanol–water partition coefficient (Wildman–Crippen LogP) is 2.34. The van der Waals surface area contributed by atoms with Gasteiger partial charge < -0.3 is 19.4 Å². The van der Waals surface area contributed by atoms with Crippen molar-refractivity contribution in [2.45, 2.75) is 12.5 Å². The Morgan fingerprint density at radius 2 is 1.57 bits per heavy atom. The Kier molecular flexibility index (Phi) is 7.22. The number of hydrogen-bond donors (Lipinski definition) is 1. The third-order valence-electron chi connectivity index (χ3n) is 4.95. The van der Waals surface area contributed by atoms with Gasteiger partial charge in [-0.1, -0.05) is 60.7 Å². The molecule has 0 fully saturated rings. The zero-order valence-electron chi connectivity index (χ0n) is 17.3. The molecule has 154 valence electrons. The zero-order valence-corrected chi connectivity index (χ0v) is 17.3. The van der Waals surface area contributed by atoms with Crippen molar-refractivity contribution in [1.82, 2.24) is 5.32 Å². The summed E-state index contributed by atoms with van der Waals surface area (Å²) in [4.78, 5) is 25.3. The molecule has 3 rings (SSSR count). The number of carbonyl (C=O) groups is 2. The molecule has 1 atom stereocenters. The van der Waals surface area contributed by atoms with Crippen LogP contribution in [-0.4, -0.2) is 46.4 Å². The second kappa shape index (κ2) is 10.0. The molecule has 7 heteroatoms. The van der Waals surface area contributed by atoms with E-state index in [9.17, 15) is 9.59 Å². The number of carbonyl (C=O) groups excluding carboxylic acids is 2. The summed E-state index contributed by atoms with van der Waals surface area (Å²) in [6, 6.07) is 19.8. The molecule has 0 unspecified atom stereocenters. The Balaban J connectivity index is 1.79. The number of rotatable bonds is 8. The largest absolute Gasteiger partial charge is 0.493 e. The first-order chi connectivity index (χ1) is 14.6. The van der Waals surface area contributed by atoms with Gasteiger partial charge in [0.1, 0.15) is 6.04 Å². The molecule has 3 aromatic carbocycles. The first-order valence-electron chi connectivity index (χ1n) is 9.58. The van der Waals surface area contributed by atoms with Gasteiger partial charge in [0.25, 0.3) is 5.91 Å². The van der Waals surface area contributed by atoms with Crippen LogP contribution in [-0.2, 0) is 25.3 Å². The number of methoxy groups -OCH3 is 1. The van der Waals surface area contributed by atoms with Crippen molar-refractivity contribution < 1.29 is 23.6 Å². The Hall–Kier alpha value is -3.16. The van der Waals surface area contributed by atoms with Crippen molar-refractivity contribution in [3.63, 3.8) is 0 Å². The molecule has 1 N–H and O–H groups in total. The Labute approximate surface area is 176 Å². The lowest BCUT2D eigenvalue weighted by Gasteiger charge is -2.18. The maximum Gasteiger partial charge on any atom is 0.493 e. The van der Waals surface area contributed by atoms with E-state index in [1.807, 2.05) is 60.7 Å². The van der Waals surface area contributed by atoms with Gasteiger partial charge in [-0.25, -0.2) is 4.79 Å². The van der Waals surface area contributed by atoms with Crippen molar-refractivity contribution in [2.75, 3.05) is 21.3 Å². The minimum atomic E-state index is -0.812. The summed E-state index contributed by atoms with van der Waals surface area (Å²) >= 11 is 0. The summed E-state index contributed by atoms with van der Waals surface area (Å²) in [6.07, 6.45) is 0.300. The van der Waals surface area contributed by atoms with E-state index < -0.39 is 19.1 Å². The van der Waals surface area contributed by atoms with Crippen molar-refractivity contribution in [2.24, 2.45) is 0 Å². The van der Waals surface area contributed by atoms with Gasteiger partial charge in [0.2, 0.25) is 0 Å². The normalized spacial score (nSPS) is 11.7. The number of benzene rings is 3. The number of fused-ring (bicyclic) bond motifs is 1. The van der Waals surface area contributed by atoms with Gasteiger partial charge >= 0.3 is 13.1 Å². The molecule has 0 radical (unpaired) electrons. The van der Waals surface area contributed by atoms with Gasteiger partial charge in [-0.2, -0.15) is 0 Å². The fraction of sp³-hybridized carbons (Fsp3) is 0.217. The van der Waals surface area contributed by atoms with E-state index in [-0.39, 0.29) is 5.91 Å². The maximum atomic E-state index is 12.9. The molecule has 0 saturated heterocycles. The summed E-state index contributed by atoms with van der Waals surface area (Å²) in [5.74, 6) is -0.822. The average Bonchev–Trinajstić information content (AvgIpc) is 2.79. The van der Waals surface area contributed by atoms with Crippen LogP contribution in [0.1, 0.15) is 15.9 Å². The third-order valence-corrected chi connectivity index (χ3v) is 4.95. The molecule has 3 aromatic rings. The number of esters is 1. The van der Waals surface area contributed by atoms with Crippen molar-refractivity contribution in [1.29, 1.82) is 0 Å². The molecular weight excluding hydrogens is 381 g/mol. The molecule has 0 aliphatic heterocycles. The van der Waals surface area contributed by atoms with Crippen LogP contribution >= 0.6 is 0 Å². The highest BCUT2D eigenvalue weighted by atomic mass is 16.6. The molecule has 0 saturated carbocycles. The van der Waals surface area contributed by atoms with Gasteiger partial charge in [-0.05, 0) is 27.9 Å². The number of hydrogen-bond acceptors (Lipinski definition) is 5. The smallest absolute Gasteiger partial charge is 0.467 e. The van der Waals surface area contributed by atoms with Crippen LogP contribution in [0.25, 0.3) is 10.8 Å². The van der Waals surface area contributed by atoms with Crippen molar-refractivity contribution in [3.05, 3.63) is 77.9 Å². The van der Waals surface area contributed by atoms with E-state index in [1.165, 1.54) is 7.11 Å². The Bertz CT molecular complexity index is 1010. The average molecular weight is 405 g/mol. The van der Waals surface area contributed by atoms with E-state index >= 15 is 0 Å². The molecule has 0 heterocycles. The molecule has 0 aromatic heterocycles. The van der Waals surface area contributed by atoms with Gasteiger partial charge in [-0.3, -0.25) is 4.79 Å². The molecule has 0 aliphatic carbocycles. The molecule has 30 heavy (non-hydrogen) atoms. The Morgan fingerprint density at radius 3 is 2.23 bits per heavy atom. The highest BCUT2D eigenvalue weighted by molar-refractivity contribution is 6.61. The highest BCUT2D eigenvalue weighted by Crippen LogP contribution is 2.18. The lowest BCUT2D eigenvalue weighted by Crippen LogP contribution is -2.43. The number of amides is 1. The maximum absolute atomic E-state index is 12.9. The van der Waals surface area contributed by atoms with Crippen molar-refractivity contribution >= 4 is 35.2 Å². The fourth-order valence-electron chi connectivity index (χ4n) is 3.41. The standard InChI is InChI=1S/C23H24BNO5/c1-28-23(27)21(15-16-11-13-18(14-12-16)24(29-2)30-3)25-22(26)20-10-6-8-17-7-4-5-9-19(17)20/h4-14,21H,15H2,1-3H3,(H,25,26)/t21-/m1/s1. The van der Waals surface area contributed by atoms with Crippen LogP contribution in [0.4, 0.5) is 0 Å². The van der Waals surface area contributed by atoms with E-state index in [0.717, 1.165) is 21.8 Å². The minimum Gasteiger partial charge on any atom is -0.467 e. The van der Waals surface area contributed by atoms with Gasteiger partial charge in [-0.15, -0.1) is 0 Å². The van der Waals surface area contributed by atoms with Gasteiger partial charge in [0.15, 0.2) is 0 Å². The quantitative estimate of drug-likeness (QED) is 0.460. The first kappa shape index (κ1) is 21.6. The van der Waals surface area contributed by atoms with Crippen LogP contribution < -0.4 is 10.8 Å². The first-order valence-corrected chi connectivity index (χ1v) is 9.58. The fourth-order valence-corrected chi connectivity index (χ4v) is 3.41. The SMILES string of the molecule is COB(OC)c1ccc(C[C@@H](NC(=O)c2cccc3ccccc23)C(=O)OC)cc1. The van der Waals surface area contributed by atoms with Crippen LogP contribution in [0.2, 0.25) is 0 Å². The number of ether oxygens (including phenoxy) is 1. The highest BCUT2D eigenvalue weighted by Gasteiger charge is 2.24. The molecule has 6 nitrogen and oxygen atoms in total. The van der Waals surface area contributed by atoms with Crippen molar-refractivity contribution in [3.8, 4) is 0 Å². The lowest BCUT2D eigenvalue weighted by molar-refractivity contribution is -0.142. The molecule has 0 bridgehead atoms. The summed E-state index contributed by atoms with van der Waals surface area (Å²) in [5, 5.41) is 4.61. The molecule has 0 spiro atoms. The summed E-state index contributed by atoms with van der Waals surface area (Å²) in [5.41, 5.74) is 2.25. The topological polar surface area (TPSA) is 73.9 Å². The van der Waals surface area contributed by atoms with Crippen LogP contribution in [0, 0.1) is 0 Å². The van der Waals surface area contributed by atoms with Crippen LogP contribution in [0.15, 0.2) is 66.7 Å². The van der Waals surface area contributed by atoms with Gasteiger partial charge in [0, 0.05) is 26.2 Å². The monoisotopic (exact) mass is 405 g/mol. The predicted molar refractivity (Wildman–Crippen MR) is 117 cm³/mol. The minimum absolute atomic E-state index is 0.300. The number of nitrogens with one attached hydrogen (secondary N) is 1. The van der Waals surface area contributed by atoms with Crippen LogP contribution in [0.3, 0.4) is 0 Å². The van der Waals surface area contributed by atoms with E-state index in [0.29, 0.717) is 12.0 Å². The summed E-state index contributed by atoms with van der Waals surface area (Å²) in [6.45, 7) is 0. The summed E-state index contributed by atoms with van der Waals surface area (Å²) < 4.78 is 15.4. The van der Waals surface area contributed by atoms with Crippen LogP contribution in [0.5, 0.6) is 0 Å².